The van der Waals surface area contributed by atoms with Crippen molar-refractivity contribution in [2.75, 3.05) is 11.9 Å². The third-order valence-corrected chi connectivity index (χ3v) is 3.93. The molecule has 0 aromatic heterocycles. The lowest BCUT2D eigenvalue weighted by Gasteiger charge is -2.12. The monoisotopic (exact) mass is 356 g/mol. The van der Waals surface area contributed by atoms with E-state index < -0.39 is 0 Å². The normalized spacial score (nSPS) is 10.2. The lowest BCUT2D eigenvalue weighted by atomic mass is 10.1. The zero-order chi connectivity index (χ0) is 18.2. The molecule has 0 bridgehead atoms. The number of nitrogens with one attached hydrogen (secondary N) is 2. The molecule has 0 heterocycles. The summed E-state index contributed by atoms with van der Waals surface area (Å²) in [6, 6.07) is 13.9. The Balaban J connectivity index is 1.69. The van der Waals surface area contributed by atoms with Gasteiger partial charge >= 0.3 is 0 Å². The molecule has 0 aliphatic carbocycles. The zero-order valence-electron chi connectivity index (χ0n) is 14.9. The minimum absolute atomic E-state index is 0.116. The van der Waals surface area contributed by atoms with Crippen LogP contribution in [0.1, 0.15) is 29.5 Å². The van der Waals surface area contributed by atoms with Gasteiger partial charge in [0.2, 0.25) is 5.91 Å². The van der Waals surface area contributed by atoms with E-state index >= 15 is 0 Å². The maximum atomic E-state index is 11.9. The van der Waals surface area contributed by atoms with E-state index in [1.54, 1.807) is 0 Å². The van der Waals surface area contributed by atoms with Crippen LogP contribution in [-0.2, 0) is 4.79 Å². The molecule has 0 saturated heterocycles. The van der Waals surface area contributed by atoms with Crippen molar-refractivity contribution < 1.29 is 9.53 Å². The molecule has 2 rings (SSSR count). The second-order valence-corrected chi connectivity index (χ2v) is 6.49. The van der Waals surface area contributed by atoms with Crippen molar-refractivity contribution in [3.63, 3.8) is 0 Å². The molecule has 2 aromatic carbocycles. The van der Waals surface area contributed by atoms with Gasteiger partial charge < -0.3 is 15.4 Å². The van der Waals surface area contributed by atoms with Gasteiger partial charge in [-0.05, 0) is 63.2 Å². The topological polar surface area (TPSA) is 50.4 Å². The quantitative estimate of drug-likeness (QED) is 0.599. The van der Waals surface area contributed by atoms with E-state index in [0.29, 0.717) is 24.6 Å². The van der Waals surface area contributed by atoms with Crippen molar-refractivity contribution in [1.82, 2.24) is 5.32 Å². The summed E-state index contributed by atoms with van der Waals surface area (Å²) in [6.45, 7) is 6.56. The maximum absolute atomic E-state index is 11.9. The van der Waals surface area contributed by atoms with Crippen LogP contribution in [0, 0.1) is 20.8 Å². The Labute approximate surface area is 154 Å². The van der Waals surface area contributed by atoms with Crippen molar-refractivity contribution in [3.8, 4) is 5.75 Å². The first-order valence-electron chi connectivity index (χ1n) is 8.31. The molecular formula is C20H24N2O2S. The van der Waals surface area contributed by atoms with Crippen LogP contribution in [0.4, 0.5) is 5.69 Å². The van der Waals surface area contributed by atoms with E-state index in [0.717, 1.165) is 17.0 Å². The molecule has 132 valence electrons. The number of rotatable bonds is 6. The number of hydrogen-bond donors (Lipinski definition) is 2. The molecule has 2 N–H and O–H groups in total. The van der Waals surface area contributed by atoms with E-state index in [1.165, 1.54) is 11.1 Å². The summed E-state index contributed by atoms with van der Waals surface area (Å²) in [5, 5.41) is 6.08. The van der Waals surface area contributed by atoms with Gasteiger partial charge in [0, 0.05) is 12.1 Å². The van der Waals surface area contributed by atoms with E-state index in [-0.39, 0.29) is 5.91 Å². The first-order chi connectivity index (χ1) is 11.9. The molecule has 2 aromatic rings. The van der Waals surface area contributed by atoms with Crippen LogP contribution in [-0.4, -0.2) is 17.6 Å². The highest BCUT2D eigenvalue weighted by atomic mass is 32.1. The maximum Gasteiger partial charge on any atom is 0.226 e. The molecule has 25 heavy (non-hydrogen) atoms. The number of carbonyl (C=O) groups excluding carboxylic acids is 1. The Bertz CT molecular complexity index is 742. The standard InChI is InChI=1S/C20H24N2O2S/c1-14-6-9-17(10-7-14)24-12-4-5-19(23)22-20(25)21-18-11-8-15(2)13-16(18)3/h6-11,13H,4-5,12H2,1-3H3,(H2,21,22,23,25). The largest absolute Gasteiger partial charge is 0.494 e. The first kappa shape index (κ1) is 18.9. The number of aryl methyl sites for hydroxylation is 3. The molecule has 0 spiro atoms. The highest BCUT2D eigenvalue weighted by molar-refractivity contribution is 7.80. The molecule has 0 radical (unpaired) electrons. The summed E-state index contributed by atoms with van der Waals surface area (Å²) in [4.78, 5) is 11.9. The summed E-state index contributed by atoms with van der Waals surface area (Å²) >= 11 is 5.20. The van der Waals surface area contributed by atoms with Crippen LogP contribution in [0.2, 0.25) is 0 Å². The molecule has 1 amide bonds. The Kier molecular flexibility index (Phi) is 6.95. The van der Waals surface area contributed by atoms with E-state index in [1.807, 2.05) is 57.2 Å². The SMILES string of the molecule is Cc1ccc(OCCCC(=O)NC(=S)Nc2ccc(C)cc2C)cc1. The second-order valence-electron chi connectivity index (χ2n) is 6.09. The van der Waals surface area contributed by atoms with Gasteiger partial charge in [0.25, 0.3) is 0 Å². The van der Waals surface area contributed by atoms with Crippen LogP contribution < -0.4 is 15.4 Å². The second kappa shape index (κ2) is 9.18. The summed E-state index contributed by atoms with van der Waals surface area (Å²) < 4.78 is 5.61. The van der Waals surface area contributed by atoms with Crippen LogP contribution in [0.15, 0.2) is 42.5 Å². The molecule has 0 atom stereocenters. The number of thiocarbonyl (C=S) groups is 1. The van der Waals surface area contributed by atoms with Crippen LogP contribution in [0.3, 0.4) is 0 Å². The first-order valence-corrected chi connectivity index (χ1v) is 8.72. The lowest BCUT2D eigenvalue weighted by molar-refractivity contribution is -0.119. The van der Waals surface area contributed by atoms with Gasteiger partial charge in [0.1, 0.15) is 5.75 Å². The van der Waals surface area contributed by atoms with Crippen molar-refractivity contribution in [1.29, 1.82) is 0 Å². The summed E-state index contributed by atoms with van der Waals surface area (Å²) in [5.41, 5.74) is 4.37. The third kappa shape index (κ3) is 6.55. The number of anilines is 1. The fraction of sp³-hybridized carbons (Fsp3) is 0.300. The van der Waals surface area contributed by atoms with Gasteiger partial charge in [-0.1, -0.05) is 35.4 Å². The lowest BCUT2D eigenvalue weighted by Crippen LogP contribution is -2.34. The average molecular weight is 356 g/mol. The van der Waals surface area contributed by atoms with Gasteiger partial charge in [0.05, 0.1) is 6.61 Å². The summed E-state index contributed by atoms with van der Waals surface area (Å²) in [5.74, 6) is 0.702. The van der Waals surface area contributed by atoms with Crippen molar-refractivity contribution in [2.24, 2.45) is 0 Å². The number of hydrogen-bond acceptors (Lipinski definition) is 3. The fourth-order valence-corrected chi connectivity index (χ4v) is 2.58. The Morgan fingerprint density at radius 1 is 1.04 bits per heavy atom. The van der Waals surface area contributed by atoms with Gasteiger partial charge in [0.15, 0.2) is 5.11 Å². The van der Waals surface area contributed by atoms with Gasteiger partial charge in [-0.15, -0.1) is 0 Å². The van der Waals surface area contributed by atoms with E-state index in [9.17, 15) is 4.79 Å². The van der Waals surface area contributed by atoms with Crippen LogP contribution in [0.5, 0.6) is 5.75 Å². The minimum Gasteiger partial charge on any atom is -0.494 e. The van der Waals surface area contributed by atoms with Crippen LogP contribution >= 0.6 is 12.2 Å². The molecule has 0 aliphatic heterocycles. The van der Waals surface area contributed by atoms with E-state index in [2.05, 4.69) is 16.7 Å². The van der Waals surface area contributed by atoms with Crippen molar-refractivity contribution >= 4 is 28.9 Å². The predicted molar refractivity (Wildman–Crippen MR) is 106 cm³/mol. The smallest absolute Gasteiger partial charge is 0.226 e. The highest BCUT2D eigenvalue weighted by Gasteiger charge is 2.06. The molecule has 4 nitrogen and oxygen atoms in total. The van der Waals surface area contributed by atoms with Crippen molar-refractivity contribution in [3.05, 3.63) is 59.2 Å². The molecule has 0 fully saturated rings. The molecule has 0 aliphatic rings. The number of benzene rings is 2. The number of amides is 1. The molecule has 5 heteroatoms. The summed E-state index contributed by atoms with van der Waals surface area (Å²) in [7, 11) is 0. The number of carbonyl (C=O) groups is 1. The third-order valence-electron chi connectivity index (χ3n) is 3.72. The predicted octanol–water partition coefficient (Wildman–Crippen LogP) is 4.28. The highest BCUT2D eigenvalue weighted by Crippen LogP contribution is 2.16. The van der Waals surface area contributed by atoms with Gasteiger partial charge in [-0.2, -0.15) is 0 Å². The Hall–Kier alpha value is -2.40. The van der Waals surface area contributed by atoms with Gasteiger partial charge in [-0.25, -0.2) is 0 Å². The molecule has 0 saturated carbocycles. The van der Waals surface area contributed by atoms with Gasteiger partial charge in [-0.3, -0.25) is 4.79 Å². The Morgan fingerprint density at radius 2 is 1.72 bits per heavy atom. The zero-order valence-corrected chi connectivity index (χ0v) is 15.7. The minimum atomic E-state index is -0.116. The average Bonchev–Trinajstić information content (AvgIpc) is 2.56. The number of ether oxygens (including phenoxy) is 1. The van der Waals surface area contributed by atoms with E-state index in [4.69, 9.17) is 17.0 Å². The fourth-order valence-electron chi connectivity index (χ4n) is 2.35. The summed E-state index contributed by atoms with van der Waals surface area (Å²) in [6.07, 6.45) is 0.993. The molecule has 0 unspecified atom stereocenters. The Morgan fingerprint density at radius 3 is 2.40 bits per heavy atom. The van der Waals surface area contributed by atoms with Crippen molar-refractivity contribution in [2.45, 2.75) is 33.6 Å². The van der Waals surface area contributed by atoms with Crippen LogP contribution in [0.25, 0.3) is 0 Å². The molecular weight excluding hydrogens is 332 g/mol.